The van der Waals surface area contributed by atoms with Crippen LogP contribution in [0.25, 0.3) is 0 Å². The topological polar surface area (TPSA) is 98.8 Å². The maximum absolute atomic E-state index is 13.8. The van der Waals surface area contributed by atoms with Crippen LogP contribution in [0.1, 0.15) is 0 Å². The molecule has 1 aliphatic rings. The minimum Gasteiger partial charge on any atom is -0.358 e. The zero-order valence-electron chi connectivity index (χ0n) is 14.2. The average molecular weight is 390 g/mol. The van der Waals surface area contributed by atoms with Gasteiger partial charge in [-0.1, -0.05) is 6.07 Å². The Morgan fingerprint density at radius 3 is 2.19 bits per heavy atom. The van der Waals surface area contributed by atoms with Gasteiger partial charge in [0, 0.05) is 33.2 Å². The van der Waals surface area contributed by atoms with E-state index in [1.54, 1.807) is 0 Å². The molecule has 144 valence electrons. The number of nitrogens with zero attached hydrogens (tertiary/aromatic N) is 2. The van der Waals surface area contributed by atoms with Crippen LogP contribution in [-0.2, 0) is 19.6 Å². The number of amides is 2. The normalized spacial score (nSPS) is 15.7. The van der Waals surface area contributed by atoms with Gasteiger partial charge in [-0.25, -0.2) is 17.2 Å². The summed E-state index contributed by atoms with van der Waals surface area (Å²) < 4.78 is 53.5. The Kier molecular flexibility index (Phi) is 6.62. The molecule has 0 atom stereocenters. The fraction of sp³-hybridized carbons (Fsp3) is 0.467. The molecule has 2 amide bonds. The van der Waals surface area contributed by atoms with Gasteiger partial charge in [0.2, 0.25) is 21.8 Å². The number of likely N-dealkylation sites (N-methyl/N-ethyl adjacent to an activating group) is 1. The van der Waals surface area contributed by atoms with Crippen molar-refractivity contribution in [1.82, 2.24) is 19.8 Å². The SMILES string of the molecule is CNC(=O)CNCC(=O)N1CCN(S(=O)(=O)c2c(F)cccc2F)CC1. The van der Waals surface area contributed by atoms with Gasteiger partial charge in [0.25, 0.3) is 0 Å². The van der Waals surface area contributed by atoms with Gasteiger partial charge >= 0.3 is 0 Å². The van der Waals surface area contributed by atoms with E-state index in [0.29, 0.717) is 0 Å². The third-order valence-electron chi connectivity index (χ3n) is 3.95. The second kappa shape index (κ2) is 8.52. The van der Waals surface area contributed by atoms with Gasteiger partial charge in [0.1, 0.15) is 11.6 Å². The first kappa shape index (κ1) is 20.2. The van der Waals surface area contributed by atoms with Crippen LogP contribution in [-0.4, -0.2) is 75.8 Å². The molecule has 1 aromatic carbocycles. The number of carbonyl (C=O) groups is 2. The lowest BCUT2D eigenvalue weighted by Gasteiger charge is -2.34. The lowest BCUT2D eigenvalue weighted by molar-refractivity contribution is -0.131. The number of piperazine rings is 1. The molecular formula is C15H20F2N4O4S. The zero-order valence-corrected chi connectivity index (χ0v) is 15.0. The largest absolute Gasteiger partial charge is 0.358 e. The maximum atomic E-state index is 13.8. The lowest BCUT2D eigenvalue weighted by Crippen LogP contribution is -2.52. The molecule has 1 saturated heterocycles. The van der Waals surface area contributed by atoms with Crippen molar-refractivity contribution in [2.75, 3.05) is 46.3 Å². The third kappa shape index (κ3) is 4.54. The van der Waals surface area contributed by atoms with Crippen LogP contribution in [0, 0.1) is 11.6 Å². The molecule has 1 aromatic rings. The number of hydrogen-bond donors (Lipinski definition) is 2. The summed E-state index contributed by atoms with van der Waals surface area (Å²) in [6, 6.07) is 2.85. The Bertz CT molecular complexity index is 760. The molecule has 0 spiro atoms. The molecule has 0 radical (unpaired) electrons. The van der Waals surface area contributed by atoms with Crippen LogP contribution in [0.2, 0.25) is 0 Å². The quantitative estimate of drug-likeness (QED) is 0.658. The molecule has 26 heavy (non-hydrogen) atoms. The standard InChI is InChI=1S/C15H20F2N4O4S/c1-18-13(22)9-19-10-14(23)20-5-7-21(8-6-20)26(24,25)15-11(16)3-2-4-12(15)17/h2-4,19H,5-10H2,1H3,(H,18,22). The molecule has 8 nitrogen and oxygen atoms in total. The van der Waals surface area contributed by atoms with E-state index in [0.717, 1.165) is 22.5 Å². The van der Waals surface area contributed by atoms with E-state index in [1.165, 1.54) is 11.9 Å². The summed E-state index contributed by atoms with van der Waals surface area (Å²) in [7, 11) is -2.85. The molecule has 0 unspecified atom stereocenters. The number of halogens is 2. The molecule has 11 heteroatoms. The van der Waals surface area contributed by atoms with Crippen LogP contribution in [0.3, 0.4) is 0 Å². The Hall–Kier alpha value is -2.11. The van der Waals surface area contributed by atoms with E-state index in [-0.39, 0.29) is 51.1 Å². The summed E-state index contributed by atoms with van der Waals surface area (Å²) in [4.78, 5) is 23.6. The van der Waals surface area contributed by atoms with Gasteiger partial charge in [0.05, 0.1) is 13.1 Å². The highest BCUT2D eigenvalue weighted by atomic mass is 32.2. The lowest BCUT2D eigenvalue weighted by atomic mass is 10.3. The summed E-state index contributed by atoms with van der Waals surface area (Å²) in [6.45, 7) is -0.0363. The smallest absolute Gasteiger partial charge is 0.249 e. The summed E-state index contributed by atoms with van der Waals surface area (Å²) >= 11 is 0. The van der Waals surface area contributed by atoms with E-state index in [1.807, 2.05) is 0 Å². The molecule has 2 N–H and O–H groups in total. The van der Waals surface area contributed by atoms with E-state index < -0.39 is 26.6 Å². The zero-order chi connectivity index (χ0) is 19.3. The molecule has 1 aliphatic heterocycles. The summed E-state index contributed by atoms with van der Waals surface area (Å²) in [6.07, 6.45) is 0. The number of benzene rings is 1. The number of hydrogen-bond acceptors (Lipinski definition) is 5. The molecule has 0 bridgehead atoms. The maximum Gasteiger partial charge on any atom is 0.249 e. The Morgan fingerprint density at radius 2 is 1.65 bits per heavy atom. The summed E-state index contributed by atoms with van der Waals surface area (Å²) in [5.41, 5.74) is 0. The first-order chi connectivity index (χ1) is 12.3. The average Bonchev–Trinajstić information content (AvgIpc) is 2.61. The Labute approximate surface area is 150 Å². The predicted octanol–water partition coefficient (Wildman–Crippen LogP) is -0.867. The highest BCUT2D eigenvalue weighted by molar-refractivity contribution is 7.89. The summed E-state index contributed by atoms with van der Waals surface area (Å²) in [5, 5.41) is 5.09. The van der Waals surface area contributed by atoms with Crippen LogP contribution in [0.4, 0.5) is 8.78 Å². The molecule has 2 rings (SSSR count). The van der Waals surface area contributed by atoms with Crippen molar-refractivity contribution >= 4 is 21.8 Å². The van der Waals surface area contributed by atoms with Crippen LogP contribution in [0.5, 0.6) is 0 Å². The van der Waals surface area contributed by atoms with E-state index >= 15 is 0 Å². The molecule has 1 fully saturated rings. The van der Waals surface area contributed by atoms with Crippen molar-refractivity contribution in [3.05, 3.63) is 29.8 Å². The van der Waals surface area contributed by atoms with Crippen molar-refractivity contribution in [2.45, 2.75) is 4.90 Å². The van der Waals surface area contributed by atoms with Gasteiger partial charge < -0.3 is 10.2 Å². The van der Waals surface area contributed by atoms with Crippen molar-refractivity contribution in [1.29, 1.82) is 0 Å². The fourth-order valence-corrected chi connectivity index (χ4v) is 4.05. The molecule has 0 aliphatic carbocycles. The predicted molar refractivity (Wildman–Crippen MR) is 88.6 cm³/mol. The number of sulfonamides is 1. The number of rotatable bonds is 6. The highest BCUT2D eigenvalue weighted by Gasteiger charge is 2.33. The van der Waals surface area contributed by atoms with Gasteiger partial charge in [0.15, 0.2) is 4.90 Å². The van der Waals surface area contributed by atoms with Crippen molar-refractivity contribution < 1.29 is 26.8 Å². The van der Waals surface area contributed by atoms with Crippen LogP contribution >= 0.6 is 0 Å². The molecule has 0 saturated carbocycles. The van der Waals surface area contributed by atoms with Gasteiger partial charge in [-0.15, -0.1) is 0 Å². The molecule has 1 heterocycles. The fourth-order valence-electron chi connectivity index (χ4n) is 2.52. The minimum absolute atomic E-state index is 0.0108. The second-order valence-corrected chi connectivity index (χ2v) is 7.49. The van der Waals surface area contributed by atoms with Gasteiger partial charge in [-0.05, 0) is 12.1 Å². The van der Waals surface area contributed by atoms with Gasteiger partial charge in [-0.3, -0.25) is 14.9 Å². The monoisotopic (exact) mass is 390 g/mol. The van der Waals surface area contributed by atoms with Crippen LogP contribution in [0.15, 0.2) is 23.1 Å². The van der Waals surface area contributed by atoms with Crippen molar-refractivity contribution in [3.8, 4) is 0 Å². The first-order valence-electron chi connectivity index (χ1n) is 7.90. The third-order valence-corrected chi connectivity index (χ3v) is 5.90. The Morgan fingerprint density at radius 1 is 1.08 bits per heavy atom. The van der Waals surface area contributed by atoms with E-state index in [9.17, 15) is 26.8 Å². The minimum atomic E-state index is -4.33. The van der Waals surface area contributed by atoms with E-state index in [4.69, 9.17) is 0 Å². The molecular weight excluding hydrogens is 370 g/mol. The number of carbonyl (C=O) groups excluding carboxylic acids is 2. The number of nitrogens with one attached hydrogen (secondary N) is 2. The highest BCUT2D eigenvalue weighted by Crippen LogP contribution is 2.23. The summed E-state index contributed by atoms with van der Waals surface area (Å²) in [5.74, 6) is -2.85. The second-order valence-electron chi connectivity index (χ2n) is 5.61. The van der Waals surface area contributed by atoms with Gasteiger partial charge in [-0.2, -0.15) is 4.31 Å². The van der Waals surface area contributed by atoms with Crippen molar-refractivity contribution in [2.24, 2.45) is 0 Å². The Balaban J connectivity index is 1.95. The van der Waals surface area contributed by atoms with Crippen molar-refractivity contribution in [3.63, 3.8) is 0 Å². The van der Waals surface area contributed by atoms with Crippen LogP contribution < -0.4 is 10.6 Å². The van der Waals surface area contributed by atoms with E-state index in [2.05, 4.69) is 10.6 Å². The first-order valence-corrected chi connectivity index (χ1v) is 9.34. The molecule has 0 aromatic heterocycles.